The Kier molecular flexibility index (Phi) is 19.6. The molecular weight excluding hydrogens is 703 g/mol. The zero-order valence-electron chi connectivity index (χ0n) is 29.9. The Morgan fingerprint density at radius 1 is 0.848 bits per heavy atom. The number of hydrogen-bond donors (Lipinski definition) is 0. The largest absolute Gasteiger partial charge is 0.497 e. The first-order valence-corrected chi connectivity index (χ1v) is 21.4. The topological polar surface area (TPSA) is 46.2 Å². The molecule has 0 saturated heterocycles. The molecule has 0 amide bonds. The van der Waals surface area contributed by atoms with Crippen LogP contribution in [0.25, 0.3) is 0 Å². The highest BCUT2D eigenvalue weighted by molar-refractivity contribution is 14.1. The molecule has 0 aliphatic carbocycles. The molecule has 0 aromatic heterocycles. The minimum atomic E-state index is -1.86. The zero-order valence-corrected chi connectivity index (χ0v) is 33.1. The van der Waals surface area contributed by atoms with E-state index in [1.54, 1.807) is 7.11 Å². The molecular formula is C39H61IO5Si. The van der Waals surface area contributed by atoms with Gasteiger partial charge in [-0.05, 0) is 104 Å². The summed E-state index contributed by atoms with van der Waals surface area (Å²) in [5.74, 6) is 1.09. The van der Waals surface area contributed by atoms with Crippen molar-refractivity contribution in [3.8, 4) is 5.75 Å². The summed E-state index contributed by atoms with van der Waals surface area (Å²) < 4.78 is 31.9. The summed E-state index contributed by atoms with van der Waals surface area (Å²) >= 11 is 2.46. The maximum atomic E-state index is 6.65. The van der Waals surface area contributed by atoms with Gasteiger partial charge in [0.1, 0.15) is 12.5 Å². The number of ether oxygens (including phenoxy) is 4. The van der Waals surface area contributed by atoms with Crippen LogP contribution in [0.1, 0.15) is 84.3 Å². The van der Waals surface area contributed by atoms with Gasteiger partial charge in [0.05, 0.1) is 26.4 Å². The van der Waals surface area contributed by atoms with Gasteiger partial charge >= 0.3 is 0 Å². The normalized spacial score (nSPS) is 14.4. The van der Waals surface area contributed by atoms with Crippen molar-refractivity contribution < 1.29 is 23.4 Å². The van der Waals surface area contributed by atoms with Crippen LogP contribution in [-0.4, -0.2) is 46.0 Å². The Bertz CT molecular complexity index is 1140. The van der Waals surface area contributed by atoms with Gasteiger partial charge in [0, 0.05) is 13.2 Å². The molecule has 2 aromatic carbocycles. The molecule has 0 radical (unpaired) electrons. The molecule has 46 heavy (non-hydrogen) atoms. The van der Waals surface area contributed by atoms with Crippen molar-refractivity contribution in [1.29, 1.82) is 0 Å². The molecule has 0 unspecified atom stereocenters. The van der Waals surface area contributed by atoms with Crippen LogP contribution in [0, 0.1) is 5.92 Å². The van der Waals surface area contributed by atoms with Crippen LogP contribution in [-0.2, 0) is 31.9 Å². The van der Waals surface area contributed by atoms with E-state index in [2.05, 4.69) is 107 Å². The Hall–Kier alpha value is -1.49. The second-order valence-electron chi connectivity index (χ2n) is 13.8. The van der Waals surface area contributed by atoms with Crippen molar-refractivity contribution in [2.75, 3.05) is 31.5 Å². The fraction of sp³-hybridized carbons (Fsp3) is 0.590. The lowest BCUT2D eigenvalue weighted by atomic mass is 9.93. The molecule has 0 spiro atoms. The van der Waals surface area contributed by atoms with Crippen LogP contribution in [0.3, 0.4) is 0 Å². The van der Waals surface area contributed by atoms with E-state index in [0.717, 1.165) is 49.2 Å². The van der Waals surface area contributed by atoms with Gasteiger partial charge in [-0.2, -0.15) is 0 Å². The van der Waals surface area contributed by atoms with Gasteiger partial charge < -0.3 is 23.4 Å². The number of rotatable bonds is 23. The standard InChI is InChI=1S/C39H61IO5Si/c1-32(16-13-25-40)14-12-15-33(2)28-38(44-31-43-30-34-17-10-9-11-18-34)36(24-27-45-46(7,8)39(3,4)5)23-26-42-29-35-19-21-37(41-6)22-20-35/h9-11,14,17-22,28,36,38H,12-13,15-16,23-27,29-31H2,1-8H3/b32-14+,33-28+/t36-,38-/m1/s1. The third-order valence-corrected chi connectivity index (χ3v) is 14.2. The molecule has 0 aliphatic rings. The molecule has 2 rings (SSSR count). The van der Waals surface area contributed by atoms with E-state index in [9.17, 15) is 0 Å². The first kappa shape index (κ1) is 40.7. The minimum absolute atomic E-state index is 0.0903. The van der Waals surface area contributed by atoms with Gasteiger partial charge in [-0.25, -0.2) is 0 Å². The fourth-order valence-corrected chi connectivity index (χ4v) is 6.28. The molecule has 0 saturated carbocycles. The van der Waals surface area contributed by atoms with Crippen molar-refractivity contribution in [2.24, 2.45) is 5.92 Å². The predicted molar refractivity (Wildman–Crippen MR) is 204 cm³/mol. The third kappa shape index (κ3) is 16.6. The number of hydrogen-bond acceptors (Lipinski definition) is 5. The summed E-state index contributed by atoms with van der Waals surface area (Å²) in [5, 5.41) is 0.171. The van der Waals surface area contributed by atoms with E-state index in [-0.39, 0.29) is 23.9 Å². The third-order valence-electron chi connectivity index (χ3n) is 8.92. The molecule has 7 heteroatoms. The van der Waals surface area contributed by atoms with E-state index < -0.39 is 8.32 Å². The smallest absolute Gasteiger partial charge is 0.191 e. The highest BCUT2D eigenvalue weighted by atomic mass is 127. The van der Waals surface area contributed by atoms with E-state index >= 15 is 0 Å². The van der Waals surface area contributed by atoms with Crippen LogP contribution in [0.5, 0.6) is 5.75 Å². The SMILES string of the molecule is COc1ccc(COCC[C@H](CCO[Si](C)(C)C(C)(C)C)[C@@H](/C=C(\C)CC/C=C(\C)CCCI)OCOCc2ccccc2)cc1. The Balaban J connectivity index is 2.15. The summed E-state index contributed by atoms with van der Waals surface area (Å²) in [5.41, 5.74) is 5.12. The van der Waals surface area contributed by atoms with Gasteiger partial charge in [0.25, 0.3) is 0 Å². The second-order valence-corrected chi connectivity index (χ2v) is 19.7. The average molecular weight is 765 g/mol. The Morgan fingerprint density at radius 2 is 1.50 bits per heavy atom. The summed E-state index contributed by atoms with van der Waals surface area (Å²) in [6.45, 7) is 18.7. The lowest BCUT2D eigenvalue weighted by Gasteiger charge is -2.37. The number of alkyl halides is 1. The lowest BCUT2D eigenvalue weighted by Crippen LogP contribution is -2.41. The van der Waals surface area contributed by atoms with Crippen molar-refractivity contribution in [2.45, 2.75) is 111 Å². The highest BCUT2D eigenvalue weighted by Gasteiger charge is 2.37. The molecule has 5 nitrogen and oxygen atoms in total. The second kappa shape index (κ2) is 22.2. The quantitative estimate of drug-likeness (QED) is 0.0282. The number of methoxy groups -OCH3 is 1. The van der Waals surface area contributed by atoms with Crippen molar-refractivity contribution in [3.05, 3.63) is 89.0 Å². The summed E-state index contributed by atoms with van der Waals surface area (Å²) in [7, 11) is -0.177. The van der Waals surface area contributed by atoms with Gasteiger partial charge in [-0.15, -0.1) is 0 Å². The Morgan fingerprint density at radius 3 is 2.15 bits per heavy atom. The Labute approximate surface area is 295 Å². The number of benzene rings is 2. The summed E-state index contributed by atoms with van der Waals surface area (Å²) in [4.78, 5) is 0. The van der Waals surface area contributed by atoms with Crippen LogP contribution in [0.15, 0.2) is 77.9 Å². The van der Waals surface area contributed by atoms with Crippen LogP contribution < -0.4 is 4.74 Å². The monoisotopic (exact) mass is 764 g/mol. The fourth-order valence-electron chi connectivity index (χ4n) is 4.84. The number of halogens is 1. The molecule has 0 aliphatic heterocycles. The predicted octanol–water partition coefficient (Wildman–Crippen LogP) is 11.1. The lowest BCUT2D eigenvalue weighted by molar-refractivity contribution is -0.101. The average Bonchev–Trinajstić information content (AvgIpc) is 3.02. The van der Waals surface area contributed by atoms with E-state index in [0.29, 0.717) is 19.8 Å². The summed E-state index contributed by atoms with van der Waals surface area (Å²) in [6.07, 6.45) is 10.9. The molecule has 258 valence electrons. The molecule has 0 N–H and O–H groups in total. The molecule has 2 aromatic rings. The molecule has 0 fully saturated rings. The highest BCUT2D eigenvalue weighted by Crippen LogP contribution is 2.37. The zero-order chi connectivity index (χ0) is 33.8. The first-order chi connectivity index (χ1) is 21.9. The van der Waals surface area contributed by atoms with Crippen LogP contribution in [0.2, 0.25) is 18.1 Å². The van der Waals surface area contributed by atoms with Crippen molar-refractivity contribution in [1.82, 2.24) is 0 Å². The van der Waals surface area contributed by atoms with Crippen LogP contribution >= 0.6 is 22.6 Å². The van der Waals surface area contributed by atoms with Crippen molar-refractivity contribution >= 4 is 30.9 Å². The number of allylic oxidation sites excluding steroid dienone is 3. The van der Waals surface area contributed by atoms with Gasteiger partial charge in [0.15, 0.2) is 8.32 Å². The molecule has 2 atom stereocenters. The van der Waals surface area contributed by atoms with Crippen LogP contribution in [0.4, 0.5) is 0 Å². The molecule has 0 heterocycles. The van der Waals surface area contributed by atoms with E-state index in [4.69, 9.17) is 23.4 Å². The van der Waals surface area contributed by atoms with Gasteiger partial charge in [-0.1, -0.05) is 109 Å². The maximum Gasteiger partial charge on any atom is 0.191 e. The maximum absolute atomic E-state index is 6.65. The van der Waals surface area contributed by atoms with E-state index in [1.165, 1.54) is 28.4 Å². The van der Waals surface area contributed by atoms with Crippen molar-refractivity contribution in [3.63, 3.8) is 0 Å². The minimum Gasteiger partial charge on any atom is -0.497 e. The molecule has 0 bridgehead atoms. The van der Waals surface area contributed by atoms with Gasteiger partial charge in [0.2, 0.25) is 0 Å². The van der Waals surface area contributed by atoms with E-state index in [1.807, 2.05) is 30.3 Å². The first-order valence-electron chi connectivity index (χ1n) is 16.9. The summed E-state index contributed by atoms with van der Waals surface area (Å²) in [6, 6.07) is 18.3. The van der Waals surface area contributed by atoms with Gasteiger partial charge in [-0.3, -0.25) is 0 Å².